The zero-order valence-electron chi connectivity index (χ0n) is 18.1. The van der Waals surface area contributed by atoms with E-state index in [0.717, 1.165) is 62.1 Å². The third kappa shape index (κ3) is 4.27. The molecule has 0 unspecified atom stereocenters. The quantitative estimate of drug-likeness (QED) is 0.680. The molecule has 4 heterocycles. The van der Waals surface area contributed by atoms with E-state index in [0.29, 0.717) is 12.1 Å². The molecule has 164 valence electrons. The van der Waals surface area contributed by atoms with Gasteiger partial charge in [0.25, 0.3) is 5.56 Å². The van der Waals surface area contributed by atoms with Gasteiger partial charge in [-0.1, -0.05) is 24.5 Å². The number of hydrogen-bond donors (Lipinski definition) is 1. The normalized spacial score (nSPS) is 21.4. The second-order valence-electron chi connectivity index (χ2n) is 8.85. The smallest absolute Gasteiger partial charge is 0.253 e. The summed E-state index contributed by atoms with van der Waals surface area (Å²) >= 11 is 0. The number of pyridine rings is 1. The van der Waals surface area contributed by atoms with E-state index in [2.05, 4.69) is 38.4 Å². The lowest BCUT2D eigenvalue weighted by molar-refractivity contribution is 0.0909. The summed E-state index contributed by atoms with van der Waals surface area (Å²) in [6, 6.07) is 7.86. The molecule has 5 rings (SSSR count). The van der Waals surface area contributed by atoms with Crippen LogP contribution in [0.4, 0.5) is 0 Å². The van der Waals surface area contributed by atoms with Gasteiger partial charge in [-0.3, -0.25) is 9.69 Å². The maximum Gasteiger partial charge on any atom is 0.253 e. The van der Waals surface area contributed by atoms with Gasteiger partial charge in [-0.15, -0.1) is 5.10 Å². The minimum absolute atomic E-state index is 0.0720. The van der Waals surface area contributed by atoms with Crippen LogP contribution in [0.5, 0.6) is 0 Å². The predicted octanol–water partition coefficient (Wildman–Crippen LogP) is 2.97. The van der Waals surface area contributed by atoms with Gasteiger partial charge in [0.1, 0.15) is 6.04 Å². The van der Waals surface area contributed by atoms with E-state index in [-0.39, 0.29) is 17.7 Å². The lowest BCUT2D eigenvalue weighted by Crippen LogP contribution is -2.36. The highest BCUT2D eigenvalue weighted by Crippen LogP contribution is 2.29. The molecule has 1 N–H and O–H groups in total. The van der Waals surface area contributed by atoms with Crippen molar-refractivity contribution >= 4 is 10.9 Å². The van der Waals surface area contributed by atoms with Gasteiger partial charge in [-0.25, -0.2) is 4.68 Å². The fraction of sp³-hybridized carbons (Fsp3) is 0.565. The molecule has 0 saturated carbocycles. The summed E-state index contributed by atoms with van der Waals surface area (Å²) in [6.45, 7) is 5.35. The molecule has 0 radical (unpaired) electrons. The molecule has 8 nitrogen and oxygen atoms in total. The Morgan fingerprint density at radius 3 is 2.77 bits per heavy atom. The summed E-state index contributed by atoms with van der Waals surface area (Å²) in [5.41, 5.74) is 2.66. The van der Waals surface area contributed by atoms with Gasteiger partial charge in [0.15, 0.2) is 5.82 Å². The van der Waals surface area contributed by atoms with E-state index < -0.39 is 0 Å². The Balaban J connectivity index is 1.60. The molecular weight excluding hydrogens is 392 g/mol. The summed E-state index contributed by atoms with van der Waals surface area (Å²) in [4.78, 5) is 18.7. The number of tetrazole rings is 1. The van der Waals surface area contributed by atoms with Crippen LogP contribution in [-0.2, 0) is 11.3 Å². The van der Waals surface area contributed by atoms with E-state index in [9.17, 15) is 4.79 Å². The molecule has 2 aliphatic rings. The van der Waals surface area contributed by atoms with Crippen LogP contribution in [0.3, 0.4) is 0 Å². The average Bonchev–Trinajstić information content (AvgIpc) is 3.36. The third-order valence-corrected chi connectivity index (χ3v) is 6.53. The van der Waals surface area contributed by atoms with E-state index in [1.165, 1.54) is 18.4 Å². The van der Waals surface area contributed by atoms with E-state index in [1.54, 1.807) is 0 Å². The number of likely N-dealkylation sites (tertiary alicyclic amines) is 1. The molecule has 2 fully saturated rings. The second-order valence-corrected chi connectivity index (χ2v) is 8.85. The van der Waals surface area contributed by atoms with Crippen molar-refractivity contribution in [1.82, 2.24) is 30.1 Å². The summed E-state index contributed by atoms with van der Waals surface area (Å²) in [6.07, 6.45) is 6.90. The fourth-order valence-corrected chi connectivity index (χ4v) is 4.92. The number of rotatable bonds is 5. The molecule has 8 heteroatoms. The average molecular weight is 423 g/mol. The maximum atomic E-state index is 13.3. The van der Waals surface area contributed by atoms with Gasteiger partial charge in [0, 0.05) is 17.7 Å². The molecule has 2 atom stereocenters. The van der Waals surface area contributed by atoms with Crippen LogP contribution in [0.1, 0.15) is 61.5 Å². The summed E-state index contributed by atoms with van der Waals surface area (Å²) in [5, 5.41) is 13.8. The first kappa shape index (κ1) is 20.3. The van der Waals surface area contributed by atoms with Crippen molar-refractivity contribution in [2.75, 3.05) is 19.7 Å². The molecule has 0 aliphatic carbocycles. The number of hydrogen-bond acceptors (Lipinski definition) is 6. The minimum Gasteiger partial charge on any atom is -0.376 e. The highest BCUT2D eigenvalue weighted by molar-refractivity contribution is 5.79. The van der Waals surface area contributed by atoms with Gasteiger partial charge in [0.2, 0.25) is 0 Å². The van der Waals surface area contributed by atoms with Crippen LogP contribution in [0.2, 0.25) is 0 Å². The molecule has 0 bridgehead atoms. The zero-order chi connectivity index (χ0) is 21.2. The van der Waals surface area contributed by atoms with Gasteiger partial charge >= 0.3 is 0 Å². The number of H-pyrrole nitrogens is 1. The molecule has 0 amide bonds. The first-order valence-electron chi connectivity index (χ1n) is 11.4. The SMILES string of the molecule is Cc1ccc2[nH]c(=O)c([C@H](c3nnnn3C[C@H]3CCCO3)N3CCCCCC3)cc2c1. The Labute approximate surface area is 181 Å². The molecule has 0 spiro atoms. The van der Waals surface area contributed by atoms with Crippen LogP contribution in [0, 0.1) is 6.92 Å². The third-order valence-electron chi connectivity index (χ3n) is 6.53. The number of fused-ring (bicyclic) bond motifs is 1. The number of benzene rings is 1. The van der Waals surface area contributed by atoms with Crippen LogP contribution in [0.15, 0.2) is 29.1 Å². The monoisotopic (exact) mass is 422 g/mol. The van der Waals surface area contributed by atoms with Crippen molar-refractivity contribution in [3.8, 4) is 0 Å². The van der Waals surface area contributed by atoms with Crippen molar-refractivity contribution in [2.24, 2.45) is 0 Å². The largest absolute Gasteiger partial charge is 0.376 e. The molecule has 3 aromatic rings. The first-order chi connectivity index (χ1) is 15.2. The van der Waals surface area contributed by atoms with Crippen molar-refractivity contribution in [3.63, 3.8) is 0 Å². The minimum atomic E-state index is -0.275. The Bertz CT molecular complexity index is 1090. The lowest BCUT2D eigenvalue weighted by Gasteiger charge is -2.30. The summed E-state index contributed by atoms with van der Waals surface area (Å²) in [7, 11) is 0. The van der Waals surface area contributed by atoms with Crippen LogP contribution >= 0.6 is 0 Å². The van der Waals surface area contributed by atoms with Crippen LogP contribution < -0.4 is 5.56 Å². The molecule has 2 saturated heterocycles. The van der Waals surface area contributed by atoms with Crippen LogP contribution in [-0.4, -0.2) is 55.9 Å². The van der Waals surface area contributed by atoms with Gasteiger partial charge in [-0.2, -0.15) is 0 Å². The number of aryl methyl sites for hydroxylation is 1. The number of aromatic amines is 1. The molecule has 2 aromatic heterocycles. The number of aromatic nitrogens is 5. The number of ether oxygens (including phenoxy) is 1. The Morgan fingerprint density at radius 1 is 1.16 bits per heavy atom. The number of nitrogens with one attached hydrogen (secondary N) is 1. The molecule has 31 heavy (non-hydrogen) atoms. The van der Waals surface area contributed by atoms with Crippen LogP contribution in [0.25, 0.3) is 10.9 Å². The van der Waals surface area contributed by atoms with Crippen molar-refractivity contribution in [1.29, 1.82) is 0 Å². The van der Waals surface area contributed by atoms with E-state index >= 15 is 0 Å². The Hall–Kier alpha value is -2.58. The molecule has 1 aromatic carbocycles. The van der Waals surface area contributed by atoms with E-state index in [4.69, 9.17) is 4.74 Å². The predicted molar refractivity (Wildman–Crippen MR) is 118 cm³/mol. The van der Waals surface area contributed by atoms with Crippen molar-refractivity contribution in [3.05, 3.63) is 51.6 Å². The van der Waals surface area contributed by atoms with E-state index in [1.807, 2.05) is 22.9 Å². The lowest BCUT2D eigenvalue weighted by atomic mass is 10.0. The second kappa shape index (κ2) is 8.88. The Morgan fingerprint density at radius 2 is 2.00 bits per heavy atom. The highest BCUT2D eigenvalue weighted by atomic mass is 16.5. The summed E-state index contributed by atoms with van der Waals surface area (Å²) < 4.78 is 7.68. The van der Waals surface area contributed by atoms with Gasteiger partial charge in [0.05, 0.1) is 12.6 Å². The van der Waals surface area contributed by atoms with Gasteiger partial charge < -0.3 is 9.72 Å². The zero-order valence-corrected chi connectivity index (χ0v) is 18.1. The van der Waals surface area contributed by atoms with Crippen molar-refractivity contribution in [2.45, 2.75) is 64.1 Å². The van der Waals surface area contributed by atoms with Gasteiger partial charge in [-0.05, 0) is 79.7 Å². The van der Waals surface area contributed by atoms with Crippen molar-refractivity contribution < 1.29 is 4.74 Å². The highest BCUT2D eigenvalue weighted by Gasteiger charge is 2.31. The standard InChI is InChI=1S/C23H30N6O2/c1-16-8-9-20-17(13-16)14-19(23(30)24-20)21(28-10-4-2-3-5-11-28)22-25-26-27-29(22)15-18-7-6-12-31-18/h8-9,13-14,18,21H,2-7,10-12,15H2,1H3,(H,24,30)/t18-,21-/m1/s1. The molecule has 2 aliphatic heterocycles. The Kier molecular flexibility index (Phi) is 5.82. The fourth-order valence-electron chi connectivity index (χ4n) is 4.92. The molecular formula is C23H30N6O2. The topological polar surface area (TPSA) is 88.9 Å². The first-order valence-corrected chi connectivity index (χ1v) is 11.4. The maximum absolute atomic E-state index is 13.3. The summed E-state index contributed by atoms with van der Waals surface area (Å²) in [5.74, 6) is 0.731. The number of nitrogens with zero attached hydrogens (tertiary/aromatic N) is 5.